The molecule has 1 aliphatic rings. The van der Waals surface area contributed by atoms with E-state index in [1.807, 2.05) is 42.5 Å². The lowest BCUT2D eigenvalue weighted by molar-refractivity contribution is -0.143. The summed E-state index contributed by atoms with van der Waals surface area (Å²) in [4.78, 5) is 20.6. The molecule has 9 heteroatoms. The van der Waals surface area contributed by atoms with E-state index in [1.165, 1.54) is 45.2 Å². The average molecular weight is 635 g/mol. The van der Waals surface area contributed by atoms with Gasteiger partial charge in [-0.15, -0.1) is 22.7 Å². The van der Waals surface area contributed by atoms with E-state index in [4.69, 9.17) is 4.74 Å². The lowest BCUT2D eigenvalue weighted by Crippen LogP contribution is -2.20. The van der Waals surface area contributed by atoms with Crippen LogP contribution in [0.1, 0.15) is 77.8 Å². The number of unbranched alkanes of at least 4 members (excludes halogenated alkanes) is 3. The van der Waals surface area contributed by atoms with Gasteiger partial charge in [-0.05, 0) is 68.1 Å². The highest BCUT2D eigenvalue weighted by atomic mass is 32.2. The number of hydrazone groups is 1. The smallest absolute Gasteiger partial charge is 0.306 e. The number of nitrogens with zero attached hydrogens (tertiary/aromatic N) is 1. The monoisotopic (exact) mass is 634 g/mol. The number of rotatable bonds is 14. The molecule has 0 spiro atoms. The fourth-order valence-electron chi connectivity index (χ4n) is 5.28. The van der Waals surface area contributed by atoms with Crippen LogP contribution in [-0.4, -0.2) is 26.7 Å². The molecular formula is C34H38N2O4S3. The number of carbonyl (C=O) groups is 1. The van der Waals surface area contributed by atoms with E-state index in [2.05, 4.69) is 41.1 Å². The van der Waals surface area contributed by atoms with Crippen molar-refractivity contribution in [3.05, 3.63) is 99.2 Å². The summed E-state index contributed by atoms with van der Waals surface area (Å²) in [7, 11) is -3.79. The molecule has 1 unspecified atom stereocenters. The Balaban J connectivity index is 1.12. The number of hydrogen-bond donors (Lipinski definition) is 1. The van der Waals surface area contributed by atoms with Crippen LogP contribution in [0.15, 0.2) is 82.8 Å². The highest BCUT2D eigenvalue weighted by Gasteiger charge is 2.30. The normalized spacial score (nSPS) is 15.5. The third-order valence-corrected chi connectivity index (χ3v) is 11.4. The molecule has 4 aromatic rings. The van der Waals surface area contributed by atoms with Crippen LogP contribution in [-0.2, 0) is 32.4 Å². The zero-order valence-electron chi connectivity index (χ0n) is 24.7. The molecule has 0 fully saturated rings. The Morgan fingerprint density at radius 2 is 1.60 bits per heavy atom. The number of fused-ring (bicyclic) bond motifs is 1. The molecule has 43 heavy (non-hydrogen) atoms. The minimum atomic E-state index is -3.79. The van der Waals surface area contributed by atoms with Gasteiger partial charge in [0.15, 0.2) is 0 Å². The molecule has 0 radical (unpaired) electrons. The first-order valence-electron chi connectivity index (χ1n) is 14.9. The van der Waals surface area contributed by atoms with Crippen LogP contribution in [0.25, 0.3) is 9.75 Å². The van der Waals surface area contributed by atoms with Gasteiger partial charge in [0.05, 0.1) is 23.6 Å². The summed E-state index contributed by atoms with van der Waals surface area (Å²) < 4.78 is 31.2. The molecule has 0 saturated heterocycles. The number of aryl methyl sites for hydroxylation is 2. The van der Waals surface area contributed by atoms with Crippen molar-refractivity contribution in [3.63, 3.8) is 0 Å². The van der Waals surface area contributed by atoms with Crippen molar-refractivity contribution >= 4 is 44.4 Å². The fraction of sp³-hybridized carbons (Fsp3) is 0.353. The van der Waals surface area contributed by atoms with Crippen molar-refractivity contribution in [1.82, 2.24) is 4.83 Å². The van der Waals surface area contributed by atoms with Crippen LogP contribution in [0.5, 0.6) is 0 Å². The molecule has 2 heterocycles. The summed E-state index contributed by atoms with van der Waals surface area (Å²) in [6, 6.07) is 23.1. The van der Waals surface area contributed by atoms with Crippen LogP contribution in [0, 0.1) is 6.92 Å². The Kier molecular flexibility index (Phi) is 10.5. The fourth-order valence-corrected chi connectivity index (χ4v) is 8.24. The van der Waals surface area contributed by atoms with Crippen molar-refractivity contribution in [2.45, 2.75) is 76.0 Å². The second kappa shape index (κ2) is 14.5. The van der Waals surface area contributed by atoms with Gasteiger partial charge < -0.3 is 4.74 Å². The molecule has 2 aromatic heterocycles. The zero-order valence-corrected chi connectivity index (χ0v) is 27.1. The molecule has 1 aliphatic carbocycles. The van der Waals surface area contributed by atoms with Crippen molar-refractivity contribution in [2.24, 2.45) is 5.10 Å². The number of esters is 1. The third-order valence-electron chi connectivity index (χ3n) is 7.65. The molecule has 5 rings (SSSR count). The van der Waals surface area contributed by atoms with Crippen molar-refractivity contribution in [1.29, 1.82) is 0 Å². The van der Waals surface area contributed by atoms with E-state index in [0.717, 1.165) is 23.1 Å². The first kappa shape index (κ1) is 31.2. The van der Waals surface area contributed by atoms with E-state index in [1.54, 1.807) is 35.6 Å². The number of hydrogen-bond acceptors (Lipinski definition) is 7. The van der Waals surface area contributed by atoms with Crippen LogP contribution in [0.3, 0.4) is 0 Å². The van der Waals surface area contributed by atoms with Gasteiger partial charge in [-0.1, -0.05) is 68.1 Å². The summed E-state index contributed by atoms with van der Waals surface area (Å²) in [6.07, 6.45) is 7.62. The van der Waals surface area contributed by atoms with Crippen LogP contribution >= 0.6 is 22.7 Å². The minimum Gasteiger partial charge on any atom is -0.465 e. The van der Waals surface area contributed by atoms with Gasteiger partial charge in [0.1, 0.15) is 0 Å². The Morgan fingerprint density at radius 3 is 2.33 bits per heavy atom. The Bertz CT molecular complexity index is 1670. The van der Waals surface area contributed by atoms with E-state index in [-0.39, 0.29) is 23.2 Å². The summed E-state index contributed by atoms with van der Waals surface area (Å²) in [5.41, 5.74) is 3.44. The van der Waals surface area contributed by atoms with Crippen molar-refractivity contribution in [3.8, 4) is 9.75 Å². The molecule has 2 aromatic carbocycles. The standard InChI is InChI=1S/C34H38N2O4S3/c1-3-4-5-6-9-26-14-18-32(41-26)33-19-15-27(42-33)20-21-40-34(37)23-25-22-31(30-11-8-7-10-29(25)30)35-36-43(38,39)28-16-12-24(2)13-17-28/h7-8,10-19,25,36H,3-6,9,20-23H2,1-2H3/b35-31-. The highest BCUT2D eigenvalue weighted by molar-refractivity contribution is 7.89. The maximum atomic E-state index is 12.8. The predicted octanol–water partition coefficient (Wildman–Crippen LogP) is 8.25. The summed E-state index contributed by atoms with van der Waals surface area (Å²) in [5.74, 6) is -0.376. The largest absolute Gasteiger partial charge is 0.465 e. The van der Waals surface area contributed by atoms with E-state index >= 15 is 0 Å². The number of sulfonamides is 1. The third kappa shape index (κ3) is 8.22. The SMILES string of the molecule is CCCCCCc1ccc(-c2ccc(CCOC(=O)CC3C/C(=N/NS(=O)(=O)c4ccc(C)cc4)c4ccccc43)s2)s1. The summed E-state index contributed by atoms with van der Waals surface area (Å²) in [5, 5.41) is 4.27. The average Bonchev–Trinajstić information content (AvgIpc) is 3.74. The summed E-state index contributed by atoms with van der Waals surface area (Å²) in [6.45, 7) is 4.47. The van der Waals surface area contributed by atoms with Gasteiger partial charge in [0.2, 0.25) is 0 Å². The van der Waals surface area contributed by atoms with Crippen LogP contribution < -0.4 is 4.83 Å². The molecule has 0 saturated carbocycles. The lowest BCUT2D eigenvalue weighted by atomic mass is 9.98. The predicted molar refractivity (Wildman–Crippen MR) is 177 cm³/mol. The van der Waals surface area contributed by atoms with Gasteiger partial charge in [-0.2, -0.15) is 18.4 Å². The second-order valence-electron chi connectivity index (χ2n) is 11.0. The Hall–Kier alpha value is -3.27. The van der Waals surface area contributed by atoms with E-state index in [0.29, 0.717) is 25.2 Å². The van der Waals surface area contributed by atoms with Crippen LogP contribution in [0.2, 0.25) is 0 Å². The maximum absolute atomic E-state index is 12.8. The van der Waals surface area contributed by atoms with E-state index < -0.39 is 10.0 Å². The van der Waals surface area contributed by atoms with Crippen LogP contribution in [0.4, 0.5) is 0 Å². The number of nitrogens with one attached hydrogen (secondary N) is 1. The highest BCUT2D eigenvalue weighted by Crippen LogP contribution is 2.37. The topological polar surface area (TPSA) is 84.8 Å². The van der Waals surface area contributed by atoms with Crippen molar-refractivity contribution < 1.29 is 17.9 Å². The first-order chi connectivity index (χ1) is 20.8. The minimum absolute atomic E-state index is 0.116. The number of thiophene rings is 2. The molecule has 6 nitrogen and oxygen atoms in total. The molecule has 0 aliphatic heterocycles. The van der Waals surface area contributed by atoms with Gasteiger partial charge >= 0.3 is 5.97 Å². The lowest BCUT2D eigenvalue weighted by Gasteiger charge is -2.10. The molecule has 226 valence electrons. The maximum Gasteiger partial charge on any atom is 0.306 e. The molecule has 1 atom stereocenters. The molecule has 1 N–H and O–H groups in total. The second-order valence-corrected chi connectivity index (χ2v) is 15.0. The Labute approximate surface area is 262 Å². The molecule has 0 bridgehead atoms. The van der Waals surface area contributed by atoms with Gasteiger partial charge in [0, 0.05) is 37.4 Å². The zero-order chi connectivity index (χ0) is 30.2. The Morgan fingerprint density at radius 1 is 0.907 bits per heavy atom. The van der Waals surface area contributed by atoms with Gasteiger partial charge in [-0.3, -0.25) is 4.79 Å². The molecular weight excluding hydrogens is 597 g/mol. The van der Waals surface area contributed by atoms with Gasteiger partial charge in [0.25, 0.3) is 10.0 Å². The quantitative estimate of drug-likeness (QED) is 0.0860. The van der Waals surface area contributed by atoms with Crippen molar-refractivity contribution in [2.75, 3.05) is 6.61 Å². The first-order valence-corrected chi connectivity index (χ1v) is 18.0. The van der Waals surface area contributed by atoms with E-state index in [9.17, 15) is 13.2 Å². The molecule has 0 amide bonds. The number of carbonyl (C=O) groups excluding carboxylic acids is 1. The van der Waals surface area contributed by atoms with Gasteiger partial charge in [-0.25, -0.2) is 0 Å². The number of ether oxygens (including phenoxy) is 1. The summed E-state index contributed by atoms with van der Waals surface area (Å²) >= 11 is 3.64. The number of benzene rings is 2.